The number of nitrogens with one attached hydrogen (secondary N) is 2. The van der Waals surface area contributed by atoms with Crippen molar-refractivity contribution in [3.8, 4) is 0 Å². The second-order valence-corrected chi connectivity index (χ2v) is 3.10. The van der Waals surface area contributed by atoms with E-state index in [0.29, 0.717) is 0 Å². The van der Waals surface area contributed by atoms with Crippen LogP contribution >= 0.6 is 0 Å². The third kappa shape index (κ3) is 2.10. The molecule has 0 aromatic carbocycles. The quantitative estimate of drug-likeness (QED) is 0.771. The van der Waals surface area contributed by atoms with Crippen LogP contribution < -0.4 is 5.32 Å². The third-order valence-electron chi connectivity index (χ3n) is 1.91. The van der Waals surface area contributed by atoms with E-state index in [-0.39, 0.29) is 0 Å². The van der Waals surface area contributed by atoms with E-state index in [9.17, 15) is 0 Å². The molecule has 72 valence electrons. The van der Waals surface area contributed by atoms with Crippen molar-refractivity contribution in [1.82, 2.24) is 15.2 Å². The topological polar surface area (TPSA) is 53.6 Å². The van der Waals surface area contributed by atoms with Gasteiger partial charge < -0.3 is 5.32 Å². The number of anilines is 1. The van der Waals surface area contributed by atoms with Crippen molar-refractivity contribution in [2.45, 2.75) is 13.5 Å². The molecule has 0 saturated carbocycles. The number of H-pyrrole nitrogens is 1. The molecule has 0 aliphatic heterocycles. The SMILES string of the molecule is Cc1cccc(NCc2ccn[nH]2)n1. The third-order valence-corrected chi connectivity index (χ3v) is 1.91. The lowest BCUT2D eigenvalue weighted by Gasteiger charge is -2.03. The van der Waals surface area contributed by atoms with Crippen molar-refractivity contribution in [2.24, 2.45) is 0 Å². The van der Waals surface area contributed by atoms with Crippen molar-refractivity contribution in [3.05, 3.63) is 41.9 Å². The Morgan fingerprint density at radius 3 is 3.00 bits per heavy atom. The molecule has 2 heterocycles. The van der Waals surface area contributed by atoms with Gasteiger partial charge in [0.05, 0.1) is 12.2 Å². The van der Waals surface area contributed by atoms with E-state index in [1.54, 1.807) is 6.20 Å². The molecule has 14 heavy (non-hydrogen) atoms. The number of nitrogens with zero attached hydrogens (tertiary/aromatic N) is 2. The molecule has 0 spiro atoms. The number of aromatic nitrogens is 3. The zero-order valence-corrected chi connectivity index (χ0v) is 7.99. The van der Waals surface area contributed by atoms with E-state index in [2.05, 4.69) is 20.5 Å². The number of rotatable bonds is 3. The van der Waals surface area contributed by atoms with Crippen molar-refractivity contribution in [2.75, 3.05) is 5.32 Å². The predicted octanol–water partition coefficient (Wildman–Crippen LogP) is 1.73. The Bertz CT molecular complexity index is 394. The summed E-state index contributed by atoms with van der Waals surface area (Å²) in [5.74, 6) is 0.889. The molecule has 0 aliphatic rings. The lowest BCUT2D eigenvalue weighted by atomic mass is 10.3. The van der Waals surface area contributed by atoms with Crippen molar-refractivity contribution in [1.29, 1.82) is 0 Å². The molecule has 0 radical (unpaired) electrons. The Labute approximate surface area is 82.4 Å². The summed E-state index contributed by atoms with van der Waals surface area (Å²) in [5, 5.41) is 9.95. The standard InChI is InChI=1S/C10H12N4/c1-8-3-2-4-10(13-8)11-7-9-5-6-12-14-9/h2-6H,7H2,1H3,(H,11,13)(H,12,14). The van der Waals surface area contributed by atoms with Crippen LogP contribution in [-0.2, 0) is 6.54 Å². The van der Waals surface area contributed by atoms with Gasteiger partial charge in [-0.25, -0.2) is 4.98 Å². The lowest BCUT2D eigenvalue weighted by molar-refractivity contribution is 0.972. The minimum absolute atomic E-state index is 0.719. The maximum atomic E-state index is 4.33. The van der Waals surface area contributed by atoms with Gasteiger partial charge in [0.1, 0.15) is 5.82 Å². The molecule has 2 aromatic heterocycles. The summed E-state index contributed by atoms with van der Waals surface area (Å²) < 4.78 is 0. The van der Waals surface area contributed by atoms with Crippen LogP contribution in [0.2, 0.25) is 0 Å². The maximum Gasteiger partial charge on any atom is 0.126 e. The van der Waals surface area contributed by atoms with Gasteiger partial charge in [0.15, 0.2) is 0 Å². The average Bonchev–Trinajstić information content (AvgIpc) is 2.67. The molecule has 0 saturated heterocycles. The van der Waals surface area contributed by atoms with E-state index in [0.717, 1.165) is 23.8 Å². The van der Waals surface area contributed by atoms with Crippen LogP contribution in [0.4, 0.5) is 5.82 Å². The van der Waals surface area contributed by atoms with Crippen LogP contribution in [0.3, 0.4) is 0 Å². The Morgan fingerprint density at radius 2 is 2.29 bits per heavy atom. The molecule has 2 rings (SSSR count). The Kier molecular flexibility index (Phi) is 2.44. The monoisotopic (exact) mass is 188 g/mol. The van der Waals surface area contributed by atoms with Crippen LogP contribution in [0.5, 0.6) is 0 Å². The fourth-order valence-electron chi connectivity index (χ4n) is 1.21. The molecule has 0 bridgehead atoms. The van der Waals surface area contributed by atoms with Gasteiger partial charge in [-0.3, -0.25) is 5.10 Å². The van der Waals surface area contributed by atoms with E-state index in [1.165, 1.54) is 0 Å². The molecule has 0 atom stereocenters. The zero-order valence-electron chi connectivity index (χ0n) is 7.99. The van der Waals surface area contributed by atoms with Crippen molar-refractivity contribution >= 4 is 5.82 Å². The fourth-order valence-corrected chi connectivity index (χ4v) is 1.21. The first-order chi connectivity index (χ1) is 6.84. The van der Waals surface area contributed by atoms with E-state index < -0.39 is 0 Å². The van der Waals surface area contributed by atoms with Gasteiger partial charge in [0, 0.05) is 11.9 Å². The molecule has 0 amide bonds. The summed E-state index contributed by atoms with van der Waals surface area (Å²) in [5.41, 5.74) is 2.06. The number of aryl methyl sites for hydroxylation is 1. The van der Waals surface area contributed by atoms with Crippen LogP contribution in [0.15, 0.2) is 30.5 Å². The van der Waals surface area contributed by atoms with Crippen LogP contribution in [-0.4, -0.2) is 15.2 Å². The Hall–Kier alpha value is -1.84. The molecular formula is C10H12N4. The minimum Gasteiger partial charge on any atom is -0.364 e. The molecule has 0 fully saturated rings. The first kappa shape index (κ1) is 8.74. The predicted molar refractivity (Wildman–Crippen MR) is 54.9 cm³/mol. The average molecular weight is 188 g/mol. The summed E-state index contributed by atoms with van der Waals surface area (Å²) in [6.07, 6.45) is 1.74. The van der Waals surface area contributed by atoms with Crippen LogP contribution in [0.25, 0.3) is 0 Å². The van der Waals surface area contributed by atoms with Gasteiger partial charge in [-0.15, -0.1) is 0 Å². The first-order valence-corrected chi connectivity index (χ1v) is 4.50. The Balaban J connectivity index is 1.98. The largest absolute Gasteiger partial charge is 0.364 e. The first-order valence-electron chi connectivity index (χ1n) is 4.50. The molecule has 4 nitrogen and oxygen atoms in total. The molecule has 0 unspecified atom stereocenters. The summed E-state index contributed by atoms with van der Waals surface area (Å²) in [7, 11) is 0. The highest BCUT2D eigenvalue weighted by molar-refractivity contribution is 5.35. The van der Waals surface area contributed by atoms with Crippen LogP contribution in [0.1, 0.15) is 11.4 Å². The van der Waals surface area contributed by atoms with Gasteiger partial charge in [0.2, 0.25) is 0 Å². The van der Waals surface area contributed by atoms with Gasteiger partial charge in [0.25, 0.3) is 0 Å². The Morgan fingerprint density at radius 1 is 1.36 bits per heavy atom. The smallest absolute Gasteiger partial charge is 0.126 e. The molecular weight excluding hydrogens is 176 g/mol. The second-order valence-electron chi connectivity index (χ2n) is 3.10. The zero-order chi connectivity index (χ0) is 9.80. The maximum absolute atomic E-state index is 4.33. The normalized spacial score (nSPS) is 10.1. The lowest BCUT2D eigenvalue weighted by Crippen LogP contribution is -2.01. The van der Waals surface area contributed by atoms with Gasteiger partial charge >= 0.3 is 0 Å². The van der Waals surface area contributed by atoms with Crippen molar-refractivity contribution in [3.63, 3.8) is 0 Å². The highest BCUT2D eigenvalue weighted by atomic mass is 15.1. The number of aromatic amines is 1. The highest BCUT2D eigenvalue weighted by Gasteiger charge is 1.95. The summed E-state index contributed by atoms with van der Waals surface area (Å²) in [6.45, 7) is 2.69. The minimum atomic E-state index is 0.719. The molecule has 2 aromatic rings. The molecule has 0 aliphatic carbocycles. The second kappa shape index (κ2) is 3.91. The van der Waals surface area contributed by atoms with E-state index in [1.807, 2.05) is 31.2 Å². The number of pyridine rings is 1. The van der Waals surface area contributed by atoms with Gasteiger partial charge in [-0.2, -0.15) is 5.10 Å². The van der Waals surface area contributed by atoms with E-state index >= 15 is 0 Å². The van der Waals surface area contributed by atoms with Gasteiger partial charge in [-0.1, -0.05) is 6.07 Å². The van der Waals surface area contributed by atoms with Crippen molar-refractivity contribution < 1.29 is 0 Å². The summed E-state index contributed by atoms with van der Waals surface area (Å²) in [6, 6.07) is 7.84. The highest BCUT2D eigenvalue weighted by Crippen LogP contribution is 2.05. The van der Waals surface area contributed by atoms with E-state index in [4.69, 9.17) is 0 Å². The number of hydrogen-bond acceptors (Lipinski definition) is 3. The summed E-state index contributed by atoms with van der Waals surface area (Å²) in [4.78, 5) is 4.33. The fraction of sp³-hybridized carbons (Fsp3) is 0.200. The molecule has 2 N–H and O–H groups in total. The summed E-state index contributed by atoms with van der Waals surface area (Å²) >= 11 is 0. The number of hydrogen-bond donors (Lipinski definition) is 2. The van der Waals surface area contributed by atoms with Gasteiger partial charge in [-0.05, 0) is 25.1 Å². The molecule has 4 heteroatoms. The van der Waals surface area contributed by atoms with Crippen LogP contribution in [0, 0.1) is 6.92 Å².